The molecule has 18 heavy (non-hydrogen) atoms. The normalized spacial score (nSPS) is 18.4. The Labute approximate surface area is 113 Å². The zero-order valence-corrected chi connectivity index (χ0v) is 11.3. The van der Waals surface area contributed by atoms with Crippen LogP contribution in [0.25, 0.3) is 0 Å². The van der Waals surface area contributed by atoms with Crippen LogP contribution in [0.4, 0.5) is 5.69 Å². The summed E-state index contributed by atoms with van der Waals surface area (Å²) in [6.07, 6.45) is 2.24. The minimum absolute atomic E-state index is 0.275. The summed E-state index contributed by atoms with van der Waals surface area (Å²) >= 11 is 6.06. The molecule has 1 unspecified atom stereocenters. The third-order valence-electron chi connectivity index (χ3n) is 3.72. The molecule has 1 aromatic carbocycles. The fourth-order valence-electron chi connectivity index (χ4n) is 2.47. The van der Waals surface area contributed by atoms with Crippen molar-refractivity contribution in [3.8, 4) is 6.07 Å². The van der Waals surface area contributed by atoms with Crippen LogP contribution in [-0.4, -0.2) is 19.1 Å². The molecule has 96 valence electrons. The molecule has 0 saturated carbocycles. The van der Waals surface area contributed by atoms with Gasteiger partial charge in [0.15, 0.2) is 0 Å². The van der Waals surface area contributed by atoms with Crippen molar-refractivity contribution in [1.29, 1.82) is 5.26 Å². The first-order chi connectivity index (χ1) is 8.61. The molecular weight excluding hydrogens is 246 g/mol. The smallest absolute Gasteiger partial charge is 0.101 e. The Balaban J connectivity index is 2.06. The number of nitrogens with zero attached hydrogens (tertiary/aromatic N) is 2. The summed E-state index contributed by atoms with van der Waals surface area (Å²) in [5.74, 6) is 0.620. The van der Waals surface area contributed by atoms with E-state index in [2.05, 4.69) is 17.9 Å². The van der Waals surface area contributed by atoms with E-state index in [9.17, 15) is 0 Å². The lowest BCUT2D eigenvalue weighted by Gasteiger charge is -2.35. The number of hydrogen-bond donors (Lipinski definition) is 1. The van der Waals surface area contributed by atoms with Crippen molar-refractivity contribution >= 4 is 17.3 Å². The molecule has 1 atom stereocenters. The Morgan fingerprint density at radius 3 is 2.61 bits per heavy atom. The van der Waals surface area contributed by atoms with Crippen molar-refractivity contribution in [2.45, 2.75) is 25.8 Å². The van der Waals surface area contributed by atoms with Gasteiger partial charge in [0.2, 0.25) is 0 Å². The van der Waals surface area contributed by atoms with E-state index in [0.717, 1.165) is 31.6 Å². The lowest BCUT2D eigenvalue weighted by molar-refractivity contribution is 0.354. The van der Waals surface area contributed by atoms with E-state index in [1.54, 1.807) is 6.07 Å². The molecule has 0 aromatic heterocycles. The van der Waals surface area contributed by atoms with Crippen LogP contribution in [0, 0.1) is 17.2 Å². The van der Waals surface area contributed by atoms with E-state index >= 15 is 0 Å². The predicted octanol–water partition coefficient (Wildman–Crippen LogP) is 2.78. The summed E-state index contributed by atoms with van der Waals surface area (Å²) in [5.41, 5.74) is 7.57. The summed E-state index contributed by atoms with van der Waals surface area (Å²) in [6.45, 7) is 4.10. The van der Waals surface area contributed by atoms with Crippen molar-refractivity contribution in [3.63, 3.8) is 0 Å². The Morgan fingerprint density at radius 1 is 1.44 bits per heavy atom. The average molecular weight is 264 g/mol. The van der Waals surface area contributed by atoms with Gasteiger partial charge < -0.3 is 10.6 Å². The molecule has 2 rings (SSSR count). The molecule has 0 aliphatic carbocycles. The topological polar surface area (TPSA) is 53.0 Å². The van der Waals surface area contributed by atoms with Crippen LogP contribution in [0.2, 0.25) is 5.02 Å². The molecular formula is C14H18ClN3. The van der Waals surface area contributed by atoms with Gasteiger partial charge in [-0.1, -0.05) is 11.6 Å². The lowest BCUT2D eigenvalue weighted by atomic mass is 9.91. The molecule has 1 aliphatic heterocycles. The summed E-state index contributed by atoms with van der Waals surface area (Å²) in [4.78, 5) is 2.31. The van der Waals surface area contributed by atoms with Crippen molar-refractivity contribution < 1.29 is 0 Å². The first-order valence-electron chi connectivity index (χ1n) is 6.32. The predicted molar refractivity (Wildman–Crippen MR) is 74.8 cm³/mol. The number of halogens is 1. The molecule has 1 heterocycles. The molecule has 3 nitrogen and oxygen atoms in total. The monoisotopic (exact) mass is 263 g/mol. The maximum atomic E-state index is 8.85. The quantitative estimate of drug-likeness (QED) is 0.893. The van der Waals surface area contributed by atoms with Crippen LogP contribution in [0.1, 0.15) is 25.3 Å². The standard InChI is InChI=1S/C14H18ClN3/c1-10(17)11-4-6-18(7-5-11)13-3-2-12(9-16)14(15)8-13/h2-3,8,10-11H,4-7,17H2,1H3. The van der Waals surface area contributed by atoms with Gasteiger partial charge in [-0.3, -0.25) is 0 Å². The maximum Gasteiger partial charge on any atom is 0.101 e. The number of anilines is 1. The lowest BCUT2D eigenvalue weighted by Crippen LogP contribution is -2.39. The fourth-order valence-corrected chi connectivity index (χ4v) is 2.69. The van der Waals surface area contributed by atoms with Crippen LogP contribution < -0.4 is 10.6 Å². The van der Waals surface area contributed by atoms with E-state index in [4.69, 9.17) is 22.6 Å². The van der Waals surface area contributed by atoms with Crippen LogP contribution >= 0.6 is 11.6 Å². The first-order valence-corrected chi connectivity index (χ1v) is 6.70. The van der Waals surface area contributed by atoms with Gasteiger partial charge in [-0.15, -0.1) is 0 Å². The number of nitriles is 1. The third-order valence-corrected chi connectivity index (χ3v) is 4.03. The molecule has 0 radical (unpaired) electrons. The largest absolute Gasteiger partial charge is 0.371 e. The van der Waals surface area contributed by atoms with Gasteiger partial charge in [-0.25, -0.2) is 0 Å². The summed E-state index contributed by atoms with van der Waals surface area (Å²) in [5, 5.41) is 9.39. The number of benzene rings is 1. The summed E-state index contributed by atoms with van der Waals surface area (Å²) in [6, 6.07) is 7.99. The second-order valence-electron chi connectivity index (χ2n) is 4.96. The van der Waals surface area contributed by atoms with Gasteiger partial charge in [-0.05, 0) is 43.9 Å². The highest BCUT2D eigenvalue weighted by atomic mass is 35.5. The molecule has 4 heteroatoms. The zero-order valence-electron chi connectivity index (χ0n) is 10.6. The fraction of sp³-hybridized carbons (Fsp3) is 0.500. The molecule has 0 spiro atoms. The minimum Gasteiger partial charge on any atom is -0.371 e. The van der Waals surface area contributed by atoms with Gasteiger partial charge in [-0.2, -0.15) is 5.26 Å². The van der Waals surface area contributed by atoms with Crippen molar-refractivity contribution in [2.24, 2.45) is 11.7 Å². The number of hydrogen-bond acceptors (Lipinski definition) is 3. The van der Waals surface area contributed by atoms with E-state index in [1.165, 1.54) is 0 Å². The number of rotatable bonds is 2. The molecule has 1 aliphatic rings. The van der Waals surface area contributed by atoms with E-state index in [1.807, 2.05) is 12.1 Å². The van der Waals surface area contributed by atoms with Crippen LogP contribution in [0.5, 0.6) is 0 Å². The SMILES string of the molecule is CC(N)C1CCN(c2ccc(C#N)c(Cl)c2)CC1. The van der Waals surface area contributed by atoms with Crippen molar-refractivity contribution in [3.05, 3.63) is 28.8 Å². The number of piperidine rings is 1. The van der Waals surface area contributed by atoms with Crippen LogP contribution in [-0.2, 0) is 0 Å². The third kappa shape index (κ3) is 2.77. The average Bonchev–Trinajstić information content (AvgIpc) is 2.38. The van der Waals surface area contributed by atoms with E-state index in [0.29, 0.717) is 16.5 Å². The highest BCUT2D eigenvalue weighted by Gasteiger charge is 2.22. The Hall–Kier alpha value is -1.24. The van der Waals surface area contributed by atoms with Gasteiger partial charge in [0, 0.05) is 24.8 Å². The highest BCUT2D eigenvalue weighted by Crippen LogP contribution is 2.28. The van der Waals surface area contributed by atoms with Gasteiger partial charge >= 0.3 is 0 Å². The second kappa shape index (κ2) is 5.60. The van der Waals surface area contributed by atoms with Crippen molar-refractivity contribution in [2.75, 3.05) is 18.0 Å². The van der Waals surface area contributed by atoms with Gasteiger partial charge in [0.05, 0.1) is 10.6 Å². The first kappa shape index (κ1) is 13.2. The van der Waals surface area contributed by atoms with E-state index in [-0.39, 0.29) is 6.04 Å². The Morgan fingerprint density at radius 2 is 2.11 bits per heavy atom. The van der Waals surface area contributed by atoms with Gasteiger partial charge in [0.1, 0.15) is 6.07 Å². The van der Waals surface area contributed by atoms with Crippen LogP contribution in [0.15, 0.2) is 18.2 Å². The summed E-state index contributed by atoms with van der Waals surface area (Å²) < 4.78 is 0. The molecule has 1 aromatic rings. The van der Waals surface area contributed by atoms with Crippen molar-refractivity contribution in [1.82, 2.24) is 0 Å². The molecule has 1 saturated heterocycles. The molecule has 1 fully saturated rings. The molecule has 0 amide bonds. The highest BCUT2D eigenvalue weighted by molar-refractivity contribution is 6.32. The van der Waals surface area contributed by atoms with E-state index < -0.39 is 0 Å². The summed E-state index contributed by atoms with van der Waals surface area (Å²) in [7, 11) is 0. The molecule has 2 N–H and O–H groups in total. The second-order valence-corrected chi connectivity index (χ2v) is 5.37. The number of nitrogens with two attached hydrogens (primary N) is 1. The zero-order chi connectivity index (χ0) is 13.1. The Bertz CT molecular complexity index is 457. The molecule has 0 bridgehead atoms. The van der Waals surface area contributed by atoms with Gasteiger partial charge in [0.25, 0.3) is 0 Å². The maximum absolute atomic E-state index is 8.85. The Kier molecular flexibility index (Phi) is 4.11. The van der Waals surface area contributed by atoms with Crippen LogP contribution in [0.3, 0.4) is 0 Å². The minimum atomic E-state index is 0.275.